The summed E-state index contributed by atoms with van der Waals surface area (Å²) in [5.74, 6) is -1.16. The van der Waals surface area contributed by atoms with Crippen molar-refractivity contribution in [3.8, 4) is 11.3 Å². The minimum absolute atomic E-state index is 0.0683. The number of halogens is 1. The molecule has 1 aliphatic heterocycles. The van der Waals surface area contributed by atoms with Gasteiger partial charge < -0.3 is 15.3 Å². The second-order valence-corrected chi connectivity index (χ2v) is 8.25. The van der Waals surface area contributed by atoms with Gasteiger partial charge in [-0.25, -0.2) is 9.07 Å². The molecule has 10 heteroatoms. The summed E-state index contributed by atoms with van der Waals surface area (Å²) in [5.41, 5.74) is 0.253. The lowest BCUT2D eigenvalue weighted by molar-refractivity contribution is -0.144. The average molecular weight is 404 g/mol. The number of nitrogens with one attached hydrogen (secondary N) is 1. The van der Waals surface area contributed by atoms with Gasteiger partial charge in [0.15, 0.2) is 0 Å². The third-order valence-electron chi connectivity index (χ3n) is 4.94. The summed E-state index contributed by atoms with van der Waals surface area (Å²) in [5, 5.41) is 20.7. The summed E-state index contributed by atoms with van der Waals surface area (Å²) in [7, 11) is 1.49. The number of aromatic nitrogens is 4. The molecule has 1 aliphatic rings. The Balaban J connectivity index is 1.95. The van der Waals surface area contributed by atoms with E-state index in [4.69, 9.17) is 0 Å². The van der Waals surface area contributed by atoms with Gasteiger partial charge in [-0.15, -0.1) is 5.10 Å². The number of hydrogen-bond donors (Lipinski definition) is 2. The summed E-state index contributed by atoms with van der Waals surface area (Å²) >= 11 is 0. The molecule has 1 fully saturated rings. The number of carbonyl (C=O) groups is 2. The zero-order valence-corrected chi connectivity index (χ0v) is 16.8. The maximum Gasteiger partial charge on any atom is 0.248 e. The summed E-state index contributed by atoms with van der Waals surface area (Å²) in [4.78, 5) is 30.9. The summed E-state index contributed by atoms with van der Waals surface area (Å²) in [6.45, 7) is 5.70. The molecule has 2 amide bonds. The molecule has 3 atom stereocenters. The fourth-order valence-electron chi connectivity index (χ4n) is 3.60. The van der Waals surface area contributed by atoms with Gasteiger partial charge in [-0.1, -0.05) is 26.0 Å². The van der Waals surface area contributed by atoms with Crippen molar-refractivity contribution < 1.29 is 19.1 Å². The molecule has 0 saturated carbocycles. The Morgan fingerprint density at radius 1 is 1.34 bits per heavy atom. The first-order valence-electron chi connectivity index (χ1n) is 9.34. The second-order valence-electron chi connectivity index (χ2n) is 8.25. The number of nitrogens with zero attached hydrogens (tertiary/aromatic N) is 5. The lowest BCUT2D eigenvalue weighted by atomic mass is 9.85. The van der Waals surface area contributed by atoms with E-state index in [1.165, 1.54) is 28.9 Å². The van der Waals surface area contributed by atoms with Crippen LogP contribution < -0.4 is 5.32 Å². The zero-order valence-electron chi connectivity index (χ0n) is 16.8. The van der Waals surface area contributed by atoms with Gasteiger partial charge in [0.25, 0.3) is 0 Å². The van der Waals surface area contributed by atoms with Crippen LogP contribution in [-0.4, -0.2) is 67.5 Å². The summed E-state index contributed by atoms with van der Waals surface area (Å²) < 4.78 is 14.9. The Bertz CT molecular complexity index is 909. The number of carbonyl (C=O) groups excluding carboxylic acids is 2. The van der Waals surface area contributed by atoms with Crippen LogP contribution in [0.5, 0.6) is 0 Å². The van der Waals surface area contributed by atoms with Gasteiger partial charge in [0.1, 0.15) is 23.6 Å². The number of hydrogen-bond acceptors (Lipinski definition) is 6. The van der Waals surface area contributed by atoms with E-state index >= 15 is 0 Å². The van der Waals surface area contributed by atoms with Crippen molar-refractivity contribution in [1.29, 1.82) is 0 Å². The van der Waals surface area contributed by atoms with Gasteiger partial charge in [-0.05, 0) is 11.5 Å². The highest BCUT2D eigenvalue weighted by Crippen LogP contribution is 2.34. The Labute approximate surface area is 167 Å². The van der Waals surface area contributed by atoms with Crippen molar-refractivity contribution in [2.24, 2.45) is 5.41 Å². The fourth-order valence-corrected chi connectivity index (χ4v) is 3.60. The van der Waals surface area contributed by atoms with Crippen LogP contribution in [0.4, 0.5) is 4.39 Å². The SMILES string of the molecule is CNC(=O)[C@H]1CC(O)CN1C(=O)C(n1cc(-c2cncc(F)c2)nn1)C(C)(C)C. The van der Waals surface area contributed by atoms with Gasteiger partial charge in [0.05, 0.1) is 18.5 Å². The fraction of sp³-hybridized carbons (Fsp3) is 0.526. The molecular formula is C19H25FN6O3. The van der Waals surface area contributed by atoms with Gasteiger partial charge in [-0.3, -0.25) is 14.6 Å². The van der Waals surface area contributed by atoms with Crippen molar-refractivity contribution in [3.05, 3.63) is 30.5 Å². The Morgan fingerprint density at radius 2 is 2.07 bits per heavy atom. The van der Waals surface area contributed by atoms with E-state index in [1.54, 1.807) is 6.20 Å². The van der Waals surface area contributed by atoms with Crippen LogP contribution in [-0.2, 0) is 9.59 Å². The Morgan fingerprint density at radius 3 is 2.69 bits per heavy atom. The Hall–Kier alpha value is -2.88. The highest BCUT2D eigenvalue weighted by molar-refractivity contribution is 5.90. The van der Waals surface area contributed by atoms with Crippen molar-refractivity contribution in [2.45, 2.75) is 45.4 Å². The largest absolute Gasteiger partial charge is 0.391 e. The van der Waals surface area contributed by atoms with Crippen LogP contribution in [0.3, 0.4) is 0 Å². The lowest BCUT2D eigenvalue weighted by Gasteiger charge is -2.34. The molecular weight excluding hydrogens is 379 g/mol. The first-order valence-corrected chi connectivity index (χ1v) is 9.34. The number of likely N-dealkylation sites (tertiary alicyclic amines) is 1. The highest BCUT2D eigenvalue weighted by Gasteiger charge is 2.45. The van der Waals surface area contributed by atoms with E-state index < -0.39 is 29.4 Å². The van der Waals surface area contributed by atoms with Crippen molar-refractivity contribution in [2.75, 3.05) is 13.6 Å². The molecule has 2 N–H and O–H groups in total. The number of amides is 2. The van der Waals surface area contributed by atoms with E-state index in [0.717, 1.165) is 6.20 Å². The van der Waals surface area contributed by atoms with E-state index in [-0.39, 0.29) is 24.8 Å². The van der Waals surface area contributed by atoms with Crippen LogP contribution in [0.1, 0.15) is 33.2 Å². The quantitative estimate of drug-likeness (QED) is 0.778. The van der Waals surface area contributed by atoms with E-state index in [2.05, 4.69) is 20.6 Å². The molecule has 3 rings (SSSR count). The van der Waals surface area contributed by atoms with Crippen LogP contribution >= 0.6 is 0 Å². The third-order valence-corrected chi connectivity index (χ3v) is 4.94. The number of pyridine rings is 1. The molecule has 156 valence electrons. The van der Waals surface area contributed by atoms with Crippen molar-refractivity contribution >= 4 is 11.8 Å². The first kappa shape index (κ1) is 20.8. The number of β-amino-alcohol motifs (C(OH)–C–C–N with tert-alkyl or cyclic N) is 1. The lowest BCUT2D eigenvalue weighted by Crippen LogP contribution is -2.49. The molecule has 2 aromatic heterocycles. The van der Waals surface area contributed by atoms with Crippen LogP contribution in [0, 0.1) is 11.2 Å². The topological polar surface area (TPSA) is 113 Å². The summed E-state index contributed by atoms with van der Waals surface area (Å²) in [6, 6.07) is -0.237. The first-order chi connectivity index (χ1) is 13.6. The second kappa shape index (κ2) is 7.86. The van der Waals surface area contributed by atoms with Crippen LogP contribution in [0.15, 0.2) is 24.7 Å². The number of likely N-dealkylation sites (N-methyl/N-ethyl adjacent to an activating group) is 1. The average Bonchev–Trinajstić information content (AvgIpc) is 3.27. The standard InChI is InChI=1S/C19H25FN6O3/c1-19(2,3)16(18(29)25-9-13(27)6-15(25)17(28)21-4)26-10-14(23-24-26)11-5-12(20)8-22-7-11/h5,7-8,10,13,15-16,27H,6,9H2,1-4H3,(H,21,28)/t13?,15-,16?/m1/s1. The molecule has 1 saturated heterocycles. The molecule has 0 aromatic carbocycles. The Kier molecular flexibility index (Phi) is 5.65. The number of aliphatic hydroxyl groups is 1. The molecule has 9 nitrogen and oxygen atoms in total. The van der Waals surface area contributed by atoms with Gasteiger partial charge in [0.2, 0.25) is 11.8 Å². The van der Waals surface area contributed by atoms with E-state index in [9.17, 15) is 19.1 Å². The van der Waals surface area contributed by atoms with Crippen molar-refractivity contribution in [3.63, 3.8) is 0 Å². The molecule has 3 heterocycles. The maximum atomic E-state index is 13.5. The molecule has 0 radical (unpaired) electrons. The van der Waals surface area contributed by atoms with E-state index in [1.807, 2.05) is 20.8 Å². The van der Waals surface area contributed by atoms with Gasteiger partial charge >= 0.3 is 0 Å². The van der Waals surface area contributed by atoms with Crippen LogP contribution in [0.25, 0.3) is 11.3 Å². The molecule has 0 bridgehead atoms. The number of aliphatic hydroxyl groups excluding tert-OH is 1. The smallest absolute Gasteiger partial charge is 0.248 e. The minimum Gasteiger partial charge on any atom is -0.391 e. The van der Waals surface area contributed by atoms with E-state index in [0.29, 0.717) is 11.3 Å². The monoisotopic (exact) mass is 404 g/mol. The maximum absolute atomic E-state index is 13.5. The van der Waals surface area contributed by atoms with Gasteiger partial charge in [0, 0.05) is 31.8 Å². The highest BCUT2D eigenvalue weighted by atomic mass is 19.1. The van der Waals surface area contributed by atoms with Crippen LogP contribution in [0.2, 0.25) is 0 Å². The predicted molar refractivity (Wildman–Crippen MR) is 102 cm³/mol. The third kappa shape index (κ3) is 4.26. The van der Waals surface area contributed by atoms with Crippen molar-refractivity contribution in [1.82, 2.24) is 30.2 Å². The molecule has 2 unspecified atom stereocenters. The molecule has 0 spiro atoms. The zero-order chi connectivity index (χ0) is 21.3. The minimum atomic E-state index is -0.775. The van der Waals surface area contributed by atoms with Gasteiger partial charge in [-0.2, -0.15) is 0 Å². The molecule has 29 heavy (non-hydrogen) atoms. The molecule has 0 aliphatic carbocycles. The molecule has 2 aromatic rings. The summed E-state index contributed by atoms with van der Waals surface area (Å²) in [6.07, 6.45) is 3.52. The normalized spacial score (nSPS) is 20.6. The number of rotatable bonds is 4. The predicted octanol–water partition coefficient (Wildman–Crippen LogP) is 0.774.